The minimum Gasteiger partial charge on any atom is -0.345 e. The normalized spacial score (nSPS) is 10.7. The van der Waals surface area contributed by atoms with Crippen LogP contribution >= 0.6 is 11.8 Å². The highest BCUT2D eigenvalue weighted by molar-refractivity contribution is 7.99. The highest BCUT2D eigenvalue weighted by atomic mass is 32.2. The molecule has 0 spiro atoms. The second-order valence-electron chi connectivity index (χ2n) is 5.07. The van der Waals surface area contributed by atoms with Crippen LogP contribution in [0.4, 0.5) is 13.2 Å². The van der Waals surface area contributed by atoms with Gasteiger partial charge in [0.25, 0.3) is 0 Å². The van der Waals surface area contributed by atoms with Crippen molar-refractivity contribution in [1.29, 1.82) is 0 Å². The Morgan fingerprint density at radius 1 is 1.08 bits per heavy atom. The number of rotatable bonds is 5. The average molecular weight is 363 g/mol. The first-order valence-electron chi connectivity index (χ1n) is 7.56. The molecule has 0 aliphatic heterocycles. The fourth-order valence-electron chi connectivity index (χ4n) is 1.93. The second kappa shape index (κ2) is 9.19. The fourth-order valence-corrected chi connectivity index (χ4v) is 2.80. The van der Waals surface area contributed by atoms with Gasteiger partial charge in [0.15, 0.2) is 0 Å². The van der Waals surface area contributed by atoms with E-state index in [2.05, 4.69) is 17.2 Å². The van der Waals surface area contributed by atoms with Gasteiger partial charge in [-0.15, -0.1) is 11.8 Å². The van der Waals surface area contributed by atoms with Gasteiger partial charge in [-0.1, -0.05) is 36.1 Å². The van der Waals surface area contributed by atoms with Crippen LogP contribution in [0.3, 0.4) is 0 Å². The molecule has 0 saturated carbocycles. The van der Waals surface area contributed by atoms with E-state index in [9.17, 15) is 18.0 Å². The Labute approximate surface area is 148 Å². The summed E-state index contributed by atoms with van der Waals surface area (Å²) in [5.74, 6) is 5.80. The molecule has 25 heavy (non-hydrogen) atoms. The third-order valence-corrected chi connectivity index (χ3v) is 4.15. The number of carbonyl (C=O) groups excluding carboxylic acids is 1. The highest BCUT2D eigenvalue weighted by Gasteiger charge is 2.30. The molecule has 1 amide bonds. The maximum atomic E-state index is 12.6. The van der Waals surface area contributed by atoms with Crippen LogP contribution in [-0.2, 0) is 11.0 Å². The Bertz CT molecular complexity index is 763. The van der Waals surface area contributed by atoms with E-state index in [0.717, 1.165) is 17.0 Å². The fraction of sp³-hybridized carbons (Fsp3) is 0.211. The molecule has 0 saturated heterocycles. The Kier molecular flexibility index (Phi) is 6.96. The molecule has 2 rings (SSSR count). The zero-order valence-corrected chi connectivity index (χ0v) is 14.1. The Hall–Kier alpha value is -2.39. The number of amides is 1. The van der Waals surface area contributed by atoms with Crippen LogP contribution in [0.2, 0.25) is 0 Å². The zero-order valence-electron chi connectivity index (χ0n) is 13.3. The summed E-state index contributed by atoms with van der Waals surface area (Å²) in [5, 5.41) is 2.64. The summed E-state index contributed by atoms with van der Waals surface area (Å²) in [6, 6.07) is 14.6. The van der Waals surface area contributed by atoms with Crippen molar-refractivity contribution in [2.45, 2.75) is 17.5 Å². The first kappa shape index (κ1) is 18.9. The lowest BCUT2D eigenvalue weighted by Gasteiger charge is -2.05. The Morgan fingerprint density at radius 2 is 1.84 bits per heavy atom. The quantitative estimate of drug-likeness (QED) is 0.632. The predicted octanol–water partition coefficient (Wildman–Crippen LogP) is 4.36. The second-order valence-corrected chi connectivity index (χ2v) is 6.24. The van der Waals surface area contributed by atoms with E-state index in [1.54, 1.807) is 11.8 Å². The standard InChI is InChI=1S/C19H16F3NOS/c20-19(21,22)16-8-4-6-15(14-16)7-5-12-23-18(24)11-13-25-17-9-2-1-3-10-17/h1-4,6,8-10,14H,11-13H2,(H,23,24). The molecule has 130 valence electrons. The monoisotopic (exact) mass is 363 g/mol. The third kappa shape index (κ3) is 6.94. The summed E-state index contributed by atoms with van der Waals surface area (Å²) < 4.78 is 37.8. The van der Waals surface area contributed by atoms with Crippen molar-refractivity contribution >= 4 is 17.7 Å². The summed E-state index contributed by atoms with van der Waals surface area (Å²) in [6.45, 7) is 0.102. The van der Waals surface area contributed by atoms with Crippen LogP contribution in [0.1, 0.15) is 17.5 Å². The summed E-state index contributed by atoms with van der Waals surface area (Å²) in [4.78, 5) is 12.8. The first-order chi connectivity index (χ1) is 11.9. The van der Waals surface area contributed by atoms with Crippen LogP contribution in [0.5, 0.6) is 0 Å². The lowest BCUT2D eigenvalue weighted by atomic mass is 10.1. The average Bonchev–Trinajstić information content (AvgIpc) is 2.59. The van der Waals surface area contributed by atoms with E-state index in [1.165, 1.54) is 12.1 Å². The van der Waals surface area contributed by atoms with Crippen molar-refractivity contribution in [3.8, 4) is 11.8 Å². The SMILES string of the molecule is O=C(CCSc1ccccc1)NCC#Cc1cccc(C(F)(F)F)c1. The molecule has 0 aliphatic carbocycles. The molecule has 0 fully saturated rings. The van der Waals surface area contributed by atoms with Crippen molar-refractivity contribution < 1.29 is 18.0 Å². The zero-order chi connectivity index (χ0) is 18.1. The largest absolute Gasteiger partial charge is 0.416 e. The molecule has 2 nitrogen and oxygen atoms in total. The smallest absolute Gasteiger partial charge is 0.345 e. The number of nitrogens with one attached hydrogen (secondary N) is 1. The van der Waals surface area contributed by atoms with Crippen LogP contribution in [-0.4, -0.2) is 18.2 Å². The number of hydrogen-bond donors (Lipinski definition) is 1. The first-order valence-corrected chi connectivity index (χ1v) is 8.54. The van der Waals surface area contributed by atoms with Crippen molar-refractivity contribution in [1.82, 2.24) is 5.32 Å². The van der Waals surface area contributed by atoms with Crippen LogP contribution in [0, 0.1) is 11.8 Å². The topological polar surface area (TPSA) is 29.1 Å². The number of hydrogen-bond acceptors (Lipinski definition) is 2. The molecule has 2 aromatic carbocycles. The predicted molar refractivity (Wildman–Crippen MR) is 93.1 cm³/mol. The molecule has 0 aromatic heterocycles. The molecule has 6 heteroatoms. The maximum absolute atomic E-state index is 12.6. The van der Waals surface area contributed by atoms with E-state index < -0.39 is 11.7 Å². The van der Waals surface area contributed by atoms with Crippen molar-refractivity contribution in [2.75, 3.05) is 12.3 Å². The van der Waals surface area contributed by atoms with E-state index >= 15 is 0 Å². The molecule has 0 heterocycles. The number of alkyl halides is 3. The summed E-state index contributed by atoms with van der Waals surface area (Å²) >= 11 is 1.59. The minimum atomic E-state index is -4.39. The van der Waals surface area contributed by atoms with Gasteiger partial charge >= 0.3 is 6.18 Å². The van der Waals surface area contributed by atoms with Crippen LogP contribution in [0.25, 0.3) is 0 Å². The van der Waals surface area contributed by atoms with Gasteiger partial charge in [0.1, 0.15) is 0 Å². The van der Waals surface area contributed by atoms with Gasteiger partial charge in [0.05, 0.1) is 12.1 Å². The molecule has 0 atom stereocenters. The summed E-state index contributed by atoms with van der Waals surface area (Å²) in [5.41, 5.74) is -0.468. The van der Waals surface area contributed by atoms with Gasteiger partial charge in [-0.2, -0.15) is 13.2 Å². The van der Waals surface area contributed by atoms with Gasteiger partial charge in [0, 0.05) is 22.6 Å². The molecule has 0 unspecified atom stereocenters. The van der Waals surface area contributed by atoms with Crippen LogP contribution < -0.4 is 5.32 Å². The van der Waals surface area contributed by atoms with E-state index in [4.69, 9.17) is 0 Å². The van der Waals surface area contributed by atoms with Gasteiger partial charge in [-0.05, 0) is 30.3 Å². The molecule has 0 radical (unpaired) electrons. The van der Waals surface area contributed by atoms with Crippen molar-refractivity contribution in [3.05, 3.63) is 65.7 Å². The van der Waals surface area contributed by atoms with Crippen molar-refractivity contribution in [2.24, 2.45) is 0 Å². The number of benzene rings is 2. The lowest BCUT2D eigenvalue weighted by molar-refractivity contribution is -0.137. The lowest BCUT2D eigenvalue weighted by Crippen LogP contribution is -2.23. The van der Waals surface area contributed by atoms with Crippen LogP contribution in [0.15, 0.2) is 59.5 Å². The summed E-state index contributed by atoms with van der Waals surface area (Å²) in [6.07, 6.45) is -4.03. The van der Waals surface area contributed by atoms with Gasteiger partial charge in [-0.25, -0.2) is 0 Å². The van der Waals surface area contributed by atoms with E-state index in [-0.39, 0.29) is 18.0 Å². The number of halogens is 3. The van der Waals surface area contributed by atoms with Gasteiger partial charge in [0.2, 0.25) is 5.91 Å². The number of carbonyl (C=O) groups is 1. The number of thioether (sulfide) groups is 1. The summed E-state index contributed by atoms with van der Waals surface area (Å²) in [7, 11) is 0. The molecule has 1 N–H and O–H groups in total. The van der Waals surface area contributed by atoms with E-state index in [1.807, 2.05) is 30.3 Å². The molecule has 2 aromatic rings. The Morgan fingerprint density at radius 3 is 2.56 bits per heavy atom. The molecule has 0 bridgehead atoms. The van der Waals surface area contributed by atoms with Gasteiger partial charge < -0.3 is 5.32 Å². The molecule has 0 aliphatic rings. The Balaban J connectivity index is 1.74. The molecular formula is C19H16F3NOS. The van der Waals surface area contributed by atoms with Gasteiger partial charge in [-0.3, -0.25) is 4.79 Å². The third-order valence-electron chi connectivity index (χ3n) is 3.14. The molecular weight excluding hydrogens is 347 g/mol. The minimum absolute atomic E-state index is 0.102. The maximum Gasteiger partial charge on any atom is 0.416 e. The highest BCUT2D eigenvalue weighted by Crippen LogP contribution is 2.29. The van der Waals surface area contributed by atoms with E-state index in [0.29, 0.717) is 12.2 Å². The van der Waals surface area contributed by atoms with Crippen molar-refractivity contribution in [3.63, 3.8) is 0 Å².